The molecule has 0 bridgehead atoms. The molecule has 1 atom stereocenters. The van der Waals surface area contributed by atoms with Gasteiger partial charge in [0, 0.05) is 21.6 Å². The molecule has 4 rings (SSSR count). The van der Waals surface area contributed by atoms with Crippen LogP contribution in [0.25, 0.3) is 11.1 Å². The maximum absolute atomic E-state index is 14.7. The second kappa shape index (κ2) is 5.30. The zero-order valence-corrected chi connectivity index (χ0v) is 14.1. The summed E-state index contributed by atoms with van der Waals surface area (Å²) in [6.07, 6.45) is 1.77. The highest BCUT2D eigenvalue weighted by molar-refractivity contribution is 9.10. The topological polar surface area (TPSA) is 12.0 Å². The first kappa shape index (κ1) is 16.1. The first-order chi connectivity index (χ1) is 11.3. The van der Waals surface area contributed by atoms with E-state index >= 15 is 0 Å². The first-order valence-electron chi connectivity index (χ1n) is 7.76. The number of rotatable bonds is 1. The van der Waals surface area contributed by atoms with Gasteiger partial charge in [0.05, 0.1) is 0 Å². The Labute approximate surface area is 145 Å². The van der Waals surface area contributed by atoms with Crippen molar-refractivity contribution in [1.82, 2.24) is 5.32 Å². The van der Waals surface area contributed by atoms with Crippen LogP contribution >= 0.6 is 15.9 Å². The molecule has 1 aliphatic carbocycles. The molecule has 24 heavy (non-hydrogen) atoms. The van der Waals surface area contributed by atoms with Gasteiger partial charge in [0.15, 0.2) is 0 Å². The summed E-state index contributed by atoms with van der Waals surface area (Å²) < 4.78 is 58.8. The molecule has 0 amide bonds. The largest absolute Gasteiger partial charge is 0.340 e. The van der Waals surface area contributed by atoms with Crippen LogP contribution in [0.4, 0.5) is 17.6 Å². The monoisotopic (exact) mass is 399 g/mol. The molecule has 1 saturated heterocycles. The molecule has 1 fully saturated rings. The zero-order chi connectivity index (χ0) is 17.1. The van der Waals surface area contributed by atoms with Gasteiger partial charge in [-0.3, -0.25) is 0 Å². The molecule has 1 aliphatic heterocycles. The lowest BCUT2D eigenvalue weighted by Gasteiger charge is -2.35. The molecule has 0 aromatic heterocycles. The Morgan fingerprint density at radius 1 is 0.917 bits per heavy atom. The van der Waals surface area contributed by atoms with Crippen LogP contribution < -0.4 is 5.32 Å². The Balaban J connectivity index is 1.95. The fourth-order valence-electron chi connectivity index (χ4n) is 3.59. The minimum atomic E-state index is -4.25. The van der Waals surface area contributed by atoms with Gasteiger partial charge in [-0.15, -0.1) is 0 Å². The van der Waals surface area contributed by atoms with Crippen molar-refractivity contribution < 1.29 is 17.6 Å². The predicted molar refractivity (Wildman–Crippen MR) is 87.3 cm³/mol. The zero-order valence-electron chi connectivity index (χ0n) is 12.6. The molecular weight excluding hydrogens is 386 g/mol. The summed E-state index contributed by atoms with van der Waals surface area (Å²) >= 11 is 3.09. The van der Waals surface area contributed by atoms with Gasteiger partial charge in [-0.2, -0.15) is 17.6 Å². The van der Waals surface area contributed by atoms with Crippen molar-refractivity contribution in [3.8, 4) is 11.1 Å². The normalized spacial score (nSPS) is 23.6. The molecule has 0 spiro atoms. The van der Waals surface area contributed by atoms with Crippen molar-refractivity contribution in [2.24, 2.45) is 0 Å². The summed E-state index contributed by atoms with van der Waals surface area (Å²) in [4.78, 5) is 0. The third kappa shape index (κ3) is 2.15. The lowest BCUT2D eigenvalue weighted by Crippen LogP contribution is -2.39. The third-order valence-corrected chi connectivity index (χ3v) is 5.34. The molecule has 0 radical (unpaired) electrons. The molecule has 2 aliphatic rings. The summed E-state index contributed by atoms with van der Waals surface area (Å²) in [6, 6.07) is 8.64. The van der Waals surface area contributed by atoms with Gasteiger partial charge in [0.1, 0.15) is 0 Å². The predicted octanol–water partition coefficient (Wildman–Crippen LogP) is 5.74. The van der Waals surface area contributed by atoms with Crippen molar-refractivity contribution in [2.75, 3.05) is 6.54 Å². The SMILES string of the molecule is FC1(F)c2cc(Br)ccc2-c2ccc(C3CCCN3)cc2C1(F)F. The Morgan fingerprint density at radius 2 is 1.54 bits per heavy atom. The van der Waals surface area contributed by atoms with E-state index in [2.05, 4.69) is 21.2 Å². The molecule has 6 heteroatoms. The third-order valence-electron chi connectivity index (χ3n) is 4.85. The Kier molecular flexibility index (Phi) is 3.55. The standard InChI is InChI=1S/C18H14BrF4N/c19-11-4-6-13-12-5-3-10(16-2-1-7-24-16)8-14(12)17(20,21)18(22,23)15(13)9-11/h3-6,8-9,16,24H,1-2,7H2. The molecule has 1 unspecified atom stereocenters. The maximum Gasteiger partial charge on any atom is 0.340 e. The fourth-order valence-corrected chi connectivity index (χ4v) is 3.95. The van der Waals surface area contributed by atoms with E-state index in [4.69, 9.17) is 0 Å². The van der Waals surface area contributed by atoms with Crippen LogP contribution in [0.15, 0.2) is 40.9 Å². The summed E-state index contributed by atoms with van der Waals surface area (Å²) in [5.74, 6) is -8.49. The van der Waals surface area contributed by atoms with Crippen LogP contribution in [0.1, 0.15) is 35.6 Å². The molecule has 1 nitrogen and oxygen atoms in total. The van der Waals surface area contributed by atoms with Gasteiger partial charge in [-0.1, -0.05) is 34.1 Å². The van der Waals surface area contributed by atoms with E-state index in [1.807, 2.05) is 0 Å². The van der Waals surface area contributed by atoms with E-state index in [0.717, 1.165) is 25.5 Å². The molecule has 1 heterocycles. The summed E-state index contributed by atoms with van der Waals surface area (Å²) in [6.45, 7) is 0.811. The number of hydrogen-bond donors (Lipinski definition) is 1. The second-order valence-electron chi connectivity index (χ2n) is 6.29. The van der Waals surface area contributed by atoms with E-state index in [1.54, 1.807) is 18.2 Å². The average Bonchev–Trinajstić information content (AvgIpc) is 3.07. The summed E-state index contributed by atoms with van der Waals surface area (Å²) in [5.41, 5.74) is -0.248. The number of hydrogen-bond acceptors (Lipinski definition) is 1. The van der Waals surface area contributed by atoms with Crippen LogP contribution in [-0.2, 0) is 11.8 Å². The Morgan fingerprint density at radius 3 is 2.17 bits per heavy atom. The molecular formula is C18H14BrF4N. The molecule has 2 aromatic carbocycles. The summed E-state index contributed by atoms with van der Waals surface area (Å²) in [5, 5.41) is 3.22. The van der Waals surface area contributed by atoms with E-state index in [0.29, 0.717) is 10.0 Å². The van der Waals surface area contributed by atoms with Crippen molar-refractivity contribution in [3.63, 3.8) is 0 Å². The van der Waals surface area contributed by atoms with Crippen molar-refractivity contribution in [2.45, 2.75) is 30.7 Å². The number of halogens is 5. The van der Waals surface area contributed by atoms with Crippen LogP contribution in [0.3, 0.4) is 0 Å². The van der Waals surface area contributed by atoms with Crippen LogP contribution in [0.5, 0.6) is 0 Å². The van der Waals surface area contributed by atoms with Gasteiger partial charge >= 0.3 is 11.8 Å². The lowest BCUT2D eigenvalue weighted by molar-refractivity contribution is -0.225. The van der Waals surface area contributed by atoms with Crippen LogP contribution in [0.2, 0.25) is 0 Å². The highest BCUT2D eigenvalue weighted by atomic mass is 79.9. The molecule has 0 saturated carbocycles. The minimum absolute atomic E-state index is 0.0500. The van der Waals surface area contributed by atoms with Gasteiger partial charge in [-0.25, -0.2) is 0 Å². The number of benzene rings is 2. The highest BCUT2D eigenvalue weighted by Crippen LogP contribution is 2.58. The van der Waals surface area contributed by atoms with Gasteiger partial charge in [0.2, 0.25) is 0 Å². The van der Waals surface area contributed by atoms with Crippen molar-refractivity contribution in [1.29, 1.82) is 0 Å². The maximum atomic E-state index is 14.7. The number of alkyl halides is 4. The highest BCUT2D eigenvalue weighted by Gasteiger charge is 2.62. The Hall–Kier alpha value is -1.40. The molecule has 1 N–H and O–H groups in total. The Bertz CT molecular complexity index is 813. The second-order valence-corrected chi connectivity index (χ2v) is 7.21. The lowest BCUT2D eigenvalue weighted by atomic mass is 9.79. The van der Waals surface area contributed by atoms with E-state index in [1.165, 1.54) is 12.1 Å². The first-order valence-corrected chi connectivity index (χ1v) is 8.55. The molecule has 126 valence electrons. The van der Waals surface area contributed by atoms with E-state index in [9.17, 15) is 17.6 Å². The van der Waals surface area contributed by atoms with Gasteiger partial charge < -0.3 is 5.32 Å². The summed E-state index contributed by atoms with van der Waals surface area (Å²) in [7, 11) is 0. The fraction of sp³-hybridized carbons (Fsp3) is 0.333. The number of fused-ring (bicyclic) bond motifs is 3. The van der Waals surface area contributed by atoms with Gasteiger partial charge in [0.25, 0.3) is 0 Å². The average molecular weight is 400 g/mol. The van der Waals surface area contributed by atoms with Crippen molar-refractivity contribution in [3.05, 3.63) is 57.6 Å². The van der Waals surface area contributed by atoms with Gasteiger partial charge in [-0.05, 0) is 54.3 Å². The quantitative estimate of drug-likeness (QED) is 0.603. The van der Waals surface area contributed by atoms with E-state index in [-0.39, 0.29) is 17.2 Å². The van der Waals surface area contributed by atoms with Crippen LogP contribution in [0, 0.1) is 0 Å². The van der Waals surface area contributed by atoms with Crippen LogP contribution in [-0.4, -0.2) is 6.54 Å². The molecule has 2 aromatic rings. The minimum Gasteiger partial charge on any atom is -0.310 e. The van der Waals surface area contributed by atoms with Crippen molar-refractivity contribution >= 4 is 15.9 Å². The smallest absolute Gasteiger partial charge is 0.310 e. The number of nitrogens with one attached hydrogen (secondary N) is 1. The van der Waals surface area contributed by atoms with E-state index < -0.39 is 23.0 Å².